The second-order valence-corrected chi connectivity index (χ2v) is 8.18. The number of ether oxygens (including phenoxy) is 2. The van der Waals surface area contributed by atoms with Gasteiger partial charge >= 0.3 is 0 Å². The van der Waals surface area contributed by atoms with Gasteiger partial charge in [0.25, 0.3) is 10.0 Å². The summed E-state index contributed by atoms with van der Waals surface area (Å²) in [5, 5.41) is 4.64. The first-order valence-electron chi connectivity index (χ1n) is 8.94. The third-order valence-electron chi connectivity index (χ3n) is 4.80. The average molecular weight is 399 g/mol. The maximum absolute atomic E-state index is 13.1. The van der Waals surface area contributed by atoms with Gasteiger partial charge in [-0.05, 0) is 43.5 Å². The number of hydrogen-bond donors (Lipinski definition) is 1. The molecule has 0 aliphatic heterocycles. The number of para-hydroxylation sites is 1. The van der Waals surface area contributed by atoms with Crippen molar-refractivity contribution in [3.8, 4) is 17.2 Å². The van der Waals surface area contributed by atoms with Gasteiger partial charge in [-0.3, -0.25) is 4.72 Å². The largest absolute Gasteiger partial charge is 0.493 e. The van der Waals surface area contributed by atoms with Gasteiger partial charge in [-0.2, -0.15) is 5.10 Å². The van der Waals surface area contributed by atoms with Crippen molar-refractivity contribution in [1.82, 2.24) is 9.78 Å². The molecule has 0 saturated carbocycles. The lowest BCUT2D eigenvalue weighted by Gasteiger charge is -2.14. The summed E-state index contributed by atoms with van der Waals surface area (Å²) in [4.78, 5) is 0.0951. The lowest BCUT2D eigenvalue weighted by molar-refractivity contribution is 0.354. The standard InChI is InChI=1S/C20H21N3O4S/c1-26-18-12-11-15(13-19(18)27-2)28(24,25)22-20-16-9-6-10-17(16)21-23(20)14-7-4-3-5-8-14/h3-5,7-8,11-13,22H,6,9-10H2,1-2H3. The SMILES string of the molecule is COc1ccc(S(=O)(=O)Nc2c3c(nn2-c2ccccc2)CCC3)cc1OC. The molecule has 0 radical (unpaired) electrons. The van der Waals surface area contributed by atoms with Crippen molar-refractivity contribution in [2.24, 2.45) is 0 Å². The molecule has 2 aromatic carbocycles. The van der Waals surface area contributed by atoms with Gasteiger partial charge in [0, 0.05) is 11.6 Å². The number of methoxy groups -OCH3 is 2. The van der Waals surface area contributed by atoms with Crippen LogP contribution in [0.5, 0.6) is 11.5 Å². The van der Waals surface area contributed by atoms with Gasteiger partial charge in [0.05, 0.1) is 30.5 Å². The highest BCUT2D eigenvalue weighted by Gasteiger charge is 2.27. The summed E-state index contributed by atoms with van der Waals surface area (Å²) in [5.41, 5.74) is 2.70. The molecule has 1 aromatic heterocycles. The van der Waals surface area contributed by atoms with E-state index in [0.717, 1.165) is 36.2 Å². The Balaban J connectivity index is 1.77. The summed E-state index contributed by atoms with van der Waals surface area (Å²) in [6, 6.07) is 14.0. The topological polar surface area (TPSA) is 82.5 Å². The summed E-state index contributed by atoms with van der Waals surface area (Å²) in [6.07, 6.45) is 2.62. The van der Waals surface area contributed by atoms with Crippen LogP contribution in [0.3, 0.4) is 0 Å². The van der Waals surface area contributed by atoms with E-state index in [4.69, 9.17) is 9.47 Å². The van der Waals surface area contributed by atoms with Gasteiger partial charge in [0.1, 0.15) is 5.82 Å². The zero-order valence-corrected chi connectivity index (χ0v) is 16.5. The Hall–Kier alpha value is -3.00. The number of anilines is 1. The highest BCUT2D eigenvalue weighted by molar-refractivity contribution is 7.92. The Bertz CT molecular complexity index is 1110. The molecule has 0 amide bonds. The number of hydrogen-bond acceptors (Lipinski definition) is 5. The first kappa shape index (κ1) is 18.4. The number of aromatic nitrogens is 2. The molecule has 0 spiro atoms. The quantitative estimate of drug-likeness (QED) is 0.688. The minimum absolute atomic E-state index is 0.0951. The van der Waals surface area contributed by atoms with E-state index < -0.39 is 10.0 Å². The molecule has 4 rings (SSSR count). The summed E-state index contributed by atoms with van der Waals surface area (Å²) >= 11 is 0. The zero-order valence-electron chi connectivity index (χ0n) is 15.7. The van der Waals surface area contributed by atoms with Gasteiger partial charge in [-0.15, -0.1) is 0 Å². The molecule has 1 aliphatic rings. The van der Waals surface area contributed by atoms with Crippen LogP contribution < -0.4 is 14.2 Å². The molecule has 0 fully saturated rings. The number of sulfonamides is 1. The number of nitrogens with zero attached hydrogens (tertiary/aromatic N) is 2. The summed E-state index contributed by atoms with van der Waals surface area (Å²) in [5.74, 6) is 1.32. The van der Waals surface area contributed by atoms with Gasteiger partial charge < -0.3 is 9.47 Å². The van der Waals surface area contributed by atoms with Crippen molar-refractivity contribution in [2.45, 2.75) is 24.2 Å². The summed E-state index contributed by atoms with van der Waals surface area (Å²) in [6.45, 7) is 0. The van der Waals surface area contributed by atoms with Crippen LogP contribution in [0.15, 0.2) is 53.4 Å². The average Bonchev–Trinajstić information content (AvgIpc) is 3.30. The predicted molar refractivity (Wildman–Crippen MR) is 106 cm³/mol. The molecule has 1 aliphatic carbocycles. The molecule has 0 unspecified atom stereocenters. The van der Waals surface area contributed by atoms with E-state index in [9.17, 15) is 8.42 Å². The van der Waals surface area contributed by atoms with E-state index in [1.807, 2.05) is 30.3 Å². The van der Waals surface area contributed by atoms with E-state index in [2.05, 4.69) is 9.82 Å². The van der Waals surface area contributed by atoms with Gasteiger partial charge in [0.15, 0.2) is 11.5 Å². The fourth-order valence-corrected chi connectivity index (χ4v) is 4.51. The summed E-state index contributed by atoms with van der Waals surface area (Å²) in [7, 11) is -0.862. The molecular weight excluding hydrogens is 378 g/mol. The van der Waals surface area contributed by atoms with Crippen molar-refractivity contribution < 1.29 is 17.9 Å². The van der Waals surface area contributed by atoms with Crippen LogP contribution in [0.25, 0.3) is 5.69 Å². The van der Waals surface area contributed by atoms with E-state index >= 15 is 0 Å². The number of nitrogens with one attached hydrogen (secondary N) is 1. The van der Waals surface area contributed by atoms with Crippen LogP contribution in [0, 0.1) is 0 Å². The Morgan fingerprint density at radius 3 is 2.46 bits per heavy atom. The second kappa shape index (κ2) is 7.20. The molecule has 7 nitrogen and oxygen atoms in total. The Kier molecular flexibility index (Phi) is 4.72. The summed E-state index contributed by atoms with van der Waals surface area (Å²) < 4.78 is 41.1. The minimum atomic E-state index is -3.84. The number of fused-ring (bicyclic) bond motifs is 1. The second-order valence-electron chi connectivity index (χ2n) is 6.50. The molecular formula is C20H21N3O4S. The Labute approximate surface area is 164 Å². The van der Waals surface area contributed by atoms with Gasteiger partial charge in [-0.1, -0.05) is 18.2 Å². The molecule has 0 saturated heterocycles. The van der Waals surface area contributed by atoms with E-state index in [0.29, 0.717) is 17.3 Å². The van der Waals surface area contributed by atoms with Gasteiger partial charge in [-0.25, -0.2) is 13.1 Å². The molecule has 1 N–H and O–H groups in total. The molecule has 0 bridgehead atoms. The monoisotopic (exact) mass is 399 g/mol. The van der Waals surface area contributed by atoms with E-state index in [1.165, 1.54) is 26.4 Å². The number of aryl methyl sites for hydroxylation is 1. The normalized spacial score (nSPS) is 13.2. The predicted octanol–water partition coefficient (Wildman–Crippen LogP) is 3.18. The third-order valence-corrected chi connectivity index (χ3v) is 6.14. The molecule has 8 heteroatoms. The van der Waals surface area contributed by atoms with Crippen LogP contribution >= 0.6 is 0 Å². The smallest absolute Gasteiger partial charge is 0.263 e. The van der Waals surface area contributed by atoms with Gasteiger partial charge in [0.2, 0.25) is 0 Å². The molecule has 1 heterocycles. The first-order valence-corrected chi connectivity index (χ1v) is 10.4. The maximum Gasteiger partial charge on any atom is 0.263 e. The van der Waals surface area contributed by atoms with Crippen LogP contribution in [0.4, 0.5) is 5.82 Å². The molecule has 146 valence electrons. The van der Waals surface area contributed by atoms with Crippen LogP contribution in [-0.2, 0) is 22.9 Å². The van der Waals surface area contributed by atoms with Crippen molar-refractivity contribution >= 4 is 15.8 Å². The van der Waals surface area contributed by atoms with Crippen LogP contribution in [-0.4, -0.2) is 32.4 Å². The van der Waals surface area contributed by atoms with Crippen LogP contribution in [0.2, 0.25) is 0 Å². The fraction of sp³-hybridized carbons (Fsp3) is 0.250. The van der Waals surface area contributed by atoms with Crippen molar-refractivity contribution in [2.75, 3.05) is 18.9 Å². The van der Waals surface area contributed by atoms with E-state index in [-0.39, 0.29) is 4.90 Å². The minimum Gasteiger partial charge on any atom is -0.493 e. The molecule has 3 aromatic rings. The third kappa shape index (κ3) is 3.20. The number of rotatable bonds is 6. The number of benzene rings is 2. The Morgan fingerprint density at radius 2 is 1.75 bits per heavy atom. The lowest BCUT2D eigenvalue weighted by Crippen LogP contribution is -2.17. The maximum atomic E-state index is 13.1. The van der Waals surface area contributed by atoms with E-state index in [1.54, 1.807) is 10.7 Å². The highest BCUT2D eigenvalue weighted by atomic mass is 32.2. The van der Waals surface area contributed by atoms with Crippen LogP contribution in [0.1, 0.15) is 17.7 Å². The molecule has 0 atom stereocenters. The van der Waals surface area contributed by atoms with Crippen molar-refractivity contribution in [3.05, 3.63) is 59.8 Å². The zero-order chi connectivity index (χ0) is 19.7. The highest BCUT2D eigenvalue weighted by Crippen LogP contribution is 2.34. The molecule has 28 heavy (non-hydrogen) atoms. The lowest BCUT2D eigenvalue weighted by atomic mass is 10.2. The van der Waals surface area contributed by atoms with Crippen molar-refractivity contribution in [3.63, 3.8) is 0 Å². The Morgan fingerprint density at radius 1 is 1.00 bits per heavy atom. The van der Waals surface area contributed by atoms with Crippen molar-refractivity contribution in [1.29, 1.82) is 0 Å². The fourth-order valence-electron chi connectivity index (χ4n) is 3.42. The first-order chi connectivity index (χ1) is 13.5.